The second kappa shape index (κ2) is 6.68. The van der Waals surface area contributed by atoms with Crippen molar-refractivity contribution in [3.63, 3.8) is 0 Å². The molecule has 3 rings (SSSR count). The number of hydrogen-bond donors (Lipinski definition) is 2. The molecular formula is C15H17N3O2S2. The Balaban J connectivity index is 1.66. The molecule has 1 saturated heterocycles. The standard InChI is InChI=1S/C15H17N3O2S2/c1-9(19)11-2-3-12(21-11)14(20)18-15-17-8-13(22-15)10-4-6-16-7-5-10/h2-3,8,10,16H,4-7H2,1H3,(H,17,18,20). The van der Waals surface area contributed by atoms with Gasteiger partial charge in [-0.15, -0.1) is 22.7 Å². The van der Waals surface area contributed by atoms with E-state index in [2.05, 4.69) is 15.6 Å². The Morgan fingerprint density at radius 3 is 2.64 bits per heavy atom. The monoisotopic (exact) mass is 335 g/mol. The summed E-state index contributed by atoms with van der Waals surface area (Å²) in [7, 11) is 0. The highest BCUT2D eigenvalue weighted by atomic mass is 32.1. The number of thiazole rings is 1. The quantitative estimate of drug-likeness (QED) is 0.842. The van der Waals surface area contributed by atoms with Crippen LogP contribution in [0.2, 0.25) is 0 Å². The fourth-order valence-electron chi connectivity index (χ4n) is 2.45. The Kier molecular flexibility index (Phi) is 4.66. The summed E-state index contributed by atoms with van der Waals surface area (Å²) >= 11 is 2.75. The molecule has 0 bridgehead atoms. The fourth-order valence-corrected chi connectivity index (χ4v) is 4.22. The summed E-state index contributed by atoms with van der Waals surface area (Å²) < 4.78 is 0. The second-order valence-corrected chi connectivity index (χ2v) is 7.41. The van der Waals surface area contributed by atoms with Crippen molar-refractivity contribution in [2.24, 2.45) is 0 Å². The zero-order valence-electron chi connectivity index (χ0n) is 12.2. The van der Waals surface area contributed by atoms with Crippen LogP contribution in [-0.2, 0) is 0 Å². The first kappa shape index (κ1) is 15.3. The third-order valence-electron chi connectivity index (χ3n) is 3.66. The molecule has 2 aromatic heterocycles. The summed E-state index contributed by atoms with van der Waals surface area (Å²) in [6, 6.07) is 3.36. The highest BCUT2D eigenvalue weighted by molar-refractivity contribution is 7.17. The third-order valence-corrected chi connectivity index (χ3v) is 5.92. The van der Waals surface area contributed by atoms with Crippen molar-refractivity contribution in [2.45, 2.75) is 25.7 Å². The number of hydrogen-bond acceptors (Lipinski definition) is 6. The molecule has 5 nitrogen and oxygen atoms in total. The lowest BCUT2D eigenvalue weighted by molar-refractivity contribution is 0.101. The zero-order chi connectivity index (χ0) is 15.5. The summed E-state index contributed by atoms with van der Waals surface area (Å²) in [5.74, 6) is 0.311. The molecule has 0 aromatic carbocycles. The molecule has 1 amide bonds. The van der Waals surface area contributed by atoms with Crippen LogP contribution < -0.4 is 10.6 Å². The summed E-state index contributed by atoms with van der Waals surface area (Å²) in [4.78, 5) is 30.1. The highest BCUT2D eigenvalue weighted by Crippen LogP contribution is 2.32. The van der Waals surface area contributed by atoms with Gasteiger partial charge in [-0.25, -0.2) is 4.98 Å². The van der Waals surface area contributed by atoms with E-state index in [0.29, 0.717) is 20.8 Å². The number of nitrogens with one attached hydrogen (secondary N) is 2. The van der Waals surface area contributed by atoms with Gasteiger partial charge in [0, 0.05) is 11.1 Å². The number of nitrogens with zero attached hydrogens (tertiary/aromatic N) is 1. The topological polar surface area (TPSA) is 71.1 Å². The molecule has 1 fully saturated rings. The van der Waals surface area contributed by atoms with Crippen molar-refractivity contribution in [2.75, 3.05) is 18.4 Å². The predicted molar refractivity (Wildman–Crippen MR) is 89.2 cm³/mol. The van der Waals surface area contributed by atoms with E-state index in [0.717, 1.165) is 25.9 Å². The van der Waals surface area contributed by atoms with E-state index < -0.39 is 0 Å². The van der Waals surface area contributed by atoms with Gasteiger partial charge in [0.25, 0.3) is 5.91 Å². The minimum absolute atomic E-state index is 0.0218. The minimum Gasteiger partial charge on any atom is -0.317 e. The lowest BCUT2D eigenvalue weighted by Gasteiger charge is -2.20. The first-order chi connectivity index (χ1) is 10.6. The maximum Gasteiger partial charge on any atom is 0.267 e. The van der Waals surface area contributed by atoms with Gasteiger partial charge >= 0.3 is 0 Å². The summed E-state index contributed by atoms with van der Waals surface area (Å²) in [5.41, 5.74) is 0. The SMILES string of the molecule is CC(=O)c1ccc(C(=O)Nc2ncc(C3CCNCC3)s2)s1. The minimum atomic E-state index is -0.205. The van der Waals surface area contributed by atoms with Crippen molar-refractivity contribution < 1.29 is 9.59 Å². The molecule has 1 aliphatic rings. The molecule has 0 spiro atoms. The number of carbonyl (C=O) groups is 2. The van der Waals surface area contributed by atoms with E-state index in [1.165, 1.54) is 23.1 Å². The molecule has 3 heterocycles. The largest absolute Gasteiger partial charge is 0.317 e. The van der Waals surface area contributed by atoms with E-state index in [9.17, 15) is 9.59 Å². The number of rotatable bonds is 4. The molecular weight excluding hydrogens is 318 g/mol. The van der Waals surface area contributed by atoms with Gasteiger partial charge in [-0.1, -0.05) is 0 Å². The Morgan fingerprint density at radius 1 is 1.23 bits per heavy atom. The maximum absolute atomic E-state index is 12.2. The van der Waals surface area contributed by atoms with Gasteiger partial charge < -0.3 is 5.32 Å². The molecule has 22 heavy (non-hydrogen) atoms. The smallest absolute Gasteiger partial charge is 0.267 e. The third kappa shape index (κ3) is 3.43. The van der Waals surface area contributed by atoms with Gasteiger partial charge in [0.2, 0.25) is 0 Å². The Labute approximate surface area is 136 Å². The highest BCUT2D eigenvalue weighted by Gasteiger charge is 2.19. The zero-order valence-corrected chi connectivity index (χ0v) is 13.9. The number of carbonyl (C=O) groups excluding carboxylic acids is 2. The first-order valence-electron chi connectivity index (χ1n) is 7.22. The average molecular weight is 335 g/mol. The summed E-state index contributed by atoms with van der Waals surface area (Å²) in [6.45, 7) is 3.57. The van der Waals surface area contributed by atoms with Crippen molar-refractivity contribution in [3.8, 4) is 0 Å². The molecule has 1 aliphatic heterocycles. The van der Waals surface area contributed by atoms with E-state index in [1.54, 1.807) is 23.5 Å². The van der Waals surface area contributed by atoms with Crippen molar-refractivity contribution in [1.29, 1.82) is 0 Å². The number of Topliss-reactive ketones (excluding diaryl/α,β-unsaturated/α-hetero) is 1. The molecule has 116 valence electrons. The summed E-state index contributed by atoms with van der Waals surface area (Å²) in [5, 5.41) is 6.79. The molecule has 0 radical (unpaired) electrons. The maximum atomic E-state index is 12.2. The lowest BCUT2D eigenvalue weighted by atomic mass is 9.97. The van der Waals surface area contributed by atoms with Crippen LogP contribution in [0.25, 0.3) is 0 Å². The van der Waals surface area contributed by atoms with Gasteiger partial charge in [0.05, 0.1) is 9.75 Å². The van der Waals surface area contributed by atoms with Crippen LogP contribution in [0.15, 0.2) is 18.3 Å². The van der Waals surface area contributed by atoms with Crippen LogP contribution in [0.3, 0.4) is 0 Å². The molecule has 0 saturated carbocycles. The molecule has 0 aliphatic carbocycles. The van der Waals surface area contributed by atoms with E-state index in [4.69, 9.17) is 0 Å². The number of thiophene rings is 1. The summed E-state index contributed by atoms with van der Waals surface area (Å²) in [6.07, 6.45) is 4.09. The molecule has 7 heteroatoms. The first-order valence-corrected chi connectivity index (χ1v) is 8.85. The number of ketones is 1. The average Bonchev–Trinajstić information content (AvgIpc) is 3.17. The van der Waals surface area contributed by atoms with Gasteiger partial charge in [-0.3, -0.25) is 14.9 Å². The van der Waals surface area contributed by atoms with Crippen LogP contribution in [0.5, 0.6) is 0 Å². The Hall–Kier alpha value is -1.57. The van der Waals surface area contributed by atoms with Crippen LogP contribution >= 0.6 is 22.7 Å². The van der Waals surface area contributed by atoms with Crippen LogP contribution in [0.4, 0.5) is 5.13 Å². The lowest BCUT2D eigenvalue weighted by Crippen LogP contribution is -2.26. The van der Waals surface area contributed by atoms with Gasteiger partial charge in [-0.2, -0.15) is 0 Å². The number of piperidine rings is 1. The van der Waals surface area contributed by atoms with Crippen LogP contribution in [0, 0.1) is 0 Å². The Morgan fingerprint density at radius 2 is 1.95 bits per heavy atom. The van der Waals surface area contributed by atoms with E-state index in [-0.39, 0.29) is 11.7 Å². The van der Waals surface area contributed by atoms with E-state index >= 15 is 0 Å². The van der Waals surface area contributed by atoms with Gasteiger partial charge in [0.1, 0.15) is 0 Å². The normalized spacial score (nSPS) is 15.7. The van der Waals surface area contributed by atoms with Gasteiger partial charge in [0.15, 0.2) is 10.9 Å². The number of aromatic nitrogens is 1. The fraction of sp³-hybridized carbons (Fsp3) is 0.400. The van der Waals surface area contributed by atoms with Crippen LogP contribution in [-0.4, -0.2) is 29.8 Å². The molecule has 0 unspecified atom stereocenters. The number of anilines is 1. The molecule has 0 atom stereocenters. The van der Waals surface area contributed by atoms with Crippen molar-refractivity contribution >= 4 is 39.5 Å². The van der Waals surface area contributed by atoms with Crippen molar-refractivity contribution in [1.82, 2.24) is 10.3 Å². The number of amides is 1. The second-order valence-electron chi connectivity index (χ2n) is 5.27. The molecule has 2 N–H and O–H groups in total. The molecule has 2 aromatic rings. The van der Waals surface area contributed by atoms with Crippen LogP contribution in [0.1, 0.15) is 49.9 Å². The van der Waals surface area contributed by atoms with Gasteiger partial charge in [-0.05, 0) is 50.9 Å². The van der Waals surface area contributed by atoms with E-state index in [1.807, 2.05) is 6.20 Å². The van der Waals surface area contributed by atoms with Crippen molar-refractivity contribution in [3.05, 3.63) is 33.0 Å². The Bertz CT molecular complexity index is 687. The predicted octanol–water partition coefficient (Wildman–Crippen LogP) is 3.13.